The summed E-state index contributed by atoms with van der Waals surface area (Å²) in [6.07, 6.45) is 1.69. The molecule has 2 heterocycles. The Bertz CT molecular complexity index is 621. The van der Waals surface area contributed by atoms with Crippen LogP contribution in [0.15, 0.2) is 11.8 Å². The second-order valence-electron chi connectivity index (χ2n) is 6.46. The third-order valence-electron chi connectivity index (χ3n) is 3.52. The Hall–Kier alpha value is -1.45. The van der Waals surface area contributed by atoms with E-state index in [0.29, 0.717) is 12.8 Å². The van der Waals surface area contributed by atoms with Gasteiger partial charge in [-0.3, -0.25) is 4.90 Å². The zero-order valence-corrected chi connectivity index (χ0v) is 13.7. The fourth-order valence-electron chi connectivity index (χ4n) is 2.64. The lowest BCUT2D eigenvalue weighted by Gasteiger charge is -2.35. The zero-order valence-electron chi connectivity index (χ0n) is 12.9. The predicted octanol–water partition coefficient (Wildman–Crippen LogP) is 2.91. The van der Waals surface area contributed by atoms with Crippen molar-refractivity contribution in [3.05, 3.63) is 11.8 Å². The molecule has 2 rings (SSSR count). The molecule has 132 valence electrons. The first-order valence-electron chi connectivity index (χ1n) is 7.04. The number of hydrogen-bond donors (Lipinski definition) is 0. The van der Waals surface area contributed by atoms with Gasteiger partial charge in [0, 0.05) is 6.04 Å². The molecule has 0 N–H and O–H groups in total. The van der Waals surface area contributed by atoms with E-state index in [1.807, 2.05) is 0 Å². The van der Waals surface area contributed by atoms with E-state index < -0.39 is 33.4 Å². The average Bonchev–Trinajstić information content (AvgIpc) is 2.65. The number of carbonyl (C=O) groups excluding carboxylic acids is 1. The van der Waals surface area contributed by atoms with Crippen LogP contribution in [0.25, 0.3) is 0 Å². The Kier molecular flexibility index (Phi) is 4.33. The van der Waals surface area contributed by atoms with E-state index in [-0.39, 0.29) is 18.2 Å². The van der Waals surface area contributed by atoms with Gasteiger partial charge in [-0.2, -0.15) is 21.6 Å². The summed E-state index contributed by atoms with van der Waals surface area (Å²) in [6.45, 7) is 4.99. The molecule has 0 radical (unpaired) electrons. The van der Waals surface area contributed by atoms with Crippen LogP contribution in [-0.2, 0) is 19.0 Å². The van der Waals surface area contributed by atoms with E-state index in [9.17, 15) is 26.4 Å². The zero-order chi connectivity index (χ0) is 17.6. The first-order chi connectivity index (χ1) is 10.3. The fourth-order valence-corrected chi connectivity index (χ4v) is 3.16. The highest BCUT2D eigenvalue weighted by atomic mass is 32.2. The van der Waals surface area contributed by atoms with E-state index in [1.54, 1.807) is 20.8 Å². The van der Waals surface area contributed by atoms with Crippen molar-refractivity contribution in [2.24, 2.45) is 0 Å². The molecule has 2 bridgehead atoms. The summed E-state index contributed by atoms with van der Waals surface area (Å²) in [6, 6.07) is -1.09. The number of halogens is 3. The van der Waals surface area contributed by atoms with Crippen LogP contribution in [0.2, 0.25) is 0 Å². The lowest BCUT2D eigenvalue weighted by Crippen LogP contribution is -2.47. The molecular weight excluding hydrogens is 339 g/mol. The molecule has 1 fully saturated rings. The Morgan fingerprint density at radius 2 is 1.87 bits per heavy atom. The fraction of sp³-hybridized carbons (Fsp3) is 0.769. The number of ether oxygens (including phenoxy) is 1. The average molecular weight is 357 g/mol. The minimum Gasteiger partial charge on any atom is -0.444 e. The molecule has 10 heteroatoms. The molecular formula is C13H18F3NO5S. The lowest BCUT2D eigenvalue weighted by molar-refractivity contribution is -0.0531. The maximum absolute atomic E-state index is 12.5. The molecule has 0 saturated carbocycles. The molecule has 0 aromatic heterocycles. The van der Waals surface area contributed by atoms with Gasteiger partial charge in [0.2, 0.25) is 0 Å². The first-order valence-corrected chi connectivity index (χ1v) is 8.45. The van der Waals surface area contributed by atoms with Gasteiger partial charge in [-0.05, 0) is 46.1 Å². The molecule has 2 unspecified atom stereocenters. The van der Waals surface area contributed by atoms with Crippen molar-refractivity contribution in [2.75, 3.05) is 0 Å². The van der Waals surface area contributed by atoms with Gasteiger partial charge in [-0.25, -0.2) is 4.79 Å². The van der Waals surface area contributed by atoms with Crippen molar-refractivity contribution in [2.45, 2.75) is 63.2 Å². The largest absolute Gasteiger partial charge is 0.534 e. The molecule has 23 heavy (non-hydrogen) atoms. The molecule has 6 nitrogen and oxygen atoms in total. The van der Waals surface area contributed by atoms with Gasteiger partial charge in [-0.15, -0.1) is 0 Å². The number of amides is 1. The van der Waals surface area contributed by atoms with Gasteiger partial charge in [0.25, 0.3) is 0 Å². The molecule has 0 aromatic rings. The van der Waals surface area contributed by atoms with Crippen LogP contribution in [0.4, 0.5) is 18.0 Å². The molecule has 0 spiro atoms. The Morgan fingerprint density at radius 1 is 1.26 bits per heavy atom. The minimum atomic E-state index is -5.75. The summed E-state index contributed by atoms with van der Waals surface area (Å²) >= 11 is 0. The van der Waals surface area contributed by atoms with E-state index in [1.165, 1.54) is 11.0 Å². The Labute approximate surface area is 132 Å². The molecule has 2 atom stereocenters. The second kappa shape index (κ2) is 5.57. The molecule has 1 amide bonds. The van der Waals surface area contributed by atoms with Crippen LogP contribution in [0.5, 0.6) is 0 Å². The number of hydrogen-bond acceptors (Lipinski definition) is 5. The minimum absolute atomic E-state index is 0.221. The quantitative estimate of drug-likeness (QED) is 0.561. The molecule has 1 saturated heterocycles. The van der Waals surface area contributed by atoms with Crippen LogP contribution in [-0.4, -0.2) is 42.6 Å². The van der Waals surface area contributed by atoms with Gasteiger partial charge < -0.3 is 8.92 Å². The van der Waals surface area contributed by atoms with E-state index in [0.717, 1.165) is 0 Å². The lowest BCUT2D eigenvalue weighted by atomic mass is 10.1. The van der Waals surface area contributed by atoms with Gasteiger partial charge >= 0.3 is 21.7 Å². The van der Waals surface area contributed by atoms with Crippen LogP contribution in [0.1, 0.15) is 40.0 Å². The summed E-state index contributed by atoms with van der Waals surface area (Å²) in [5.41, 5.74) is -6.28. The van der Waals surface area contributed by atoms with Crippen molar-refractivity contribution in [3.8, 4) is 0 Å². The maximum atomic E-state index is 12.5. The van der Waals surface area contributed by atoms with Gasteiger partial charge in [0.05, 0.1) is 6.04 Å². The molecule has 0 aromatic carbocycles. The van der Waals surface area contributed by atoms with E-state index >= 15 is 0 Å². The SMILES string of the molecule is CC(C)(C)OC(=O)N1C2CC=C(OS(=O)(=O)C(F)(F)F)C1CC2. The summed E-state index contributed by atoms with van der Waals surface area (Å²) in [5.74, 6) is -0.373. The highest BCUT2D eigenvalue weighted by Crippen LogP contribution is 2.39. The van der Waals surface area contributed by atoms with Crippen molar-refractivity contribution >= 4 is 16.2 Å². The Morgan fingerprint density at radius 3 is 2.39 bits per heavy atom. The summed E-state index contributed by atoms with van der Waals surface area (Å²) in [5, 5.41) is 0. The van der Waals surface area contributed by atoms with Crippen molar-refractivity contribution in [1.29, 1.82) is 0 Å². The topological polar surface area (TPSA) is 72.9 Å². The van der Waals surface area contributed by atoms with Gasteiger partial charge in [0.1, 0.15) is 11.4 Å². The number of fused-ring (bicyclic) bond motifs is 2. The summed E-state index contributed by atoms with van der Waals surface area (Å²) < 4.78 is 69.2. The summed E-state index contributed by atoms with van der Waals surface area (Å²) in [4.78, 5) is 13.5. The third kappa shape index (κ3) is 3.73. The summed E-state index contributed by atoms with van der Waals surface area (Å²) in [7, 11) is -5.75. The van der Waals surface area contributed by atoms with Gasteiger partial charge in [0.15, 0.2) is 0 Å². The van der Waals surface area contributed by atoms with E-state index in [2.05, 4.69) is 4.18 Å². The van der Waals surface area contributed by atoms with Crippen LogP contribution in [0, 0.1) is 0 Å². The number of nitrogens with zero attached hydrogens (tertiary/aromatic N) is 1. The number of alkyl halides is 3. The Balaban J connectivity index is 2.20. The van der Waals surface area contributed by atoms with Crippen LogP contribution < -0.4 is 0 Å². The molecule has 0 aliphatic carbocycles. The number of rotatable bonds is 2. The number of carbonyl (C=O) groups is 1. The highest BCUT2D eigenvalue weighted by Gasteiger charge is 2.52. The van der Waals surface area contributed by atoms with Crippen molar-refractivity contribution in [3.63, 3.8) is 0 Å². The van der Waals surface area contributed by atoms with Crippen LogP contribution >= 0.6 is 0 Å². The normalized spacial score (nSPS) is 25.1. The first kappa shape index (κ1) is 17.9. The maximum Gasteiger partial charge on any atom is 0.534 e. The van der Waals surface area contributed by atoms with Crippen molar-refractivity contribution in [1.82, 2.24) is 4.90 Å². The standard InChI is InChI=1S/C13H18F3NO5S/c1-12(2,3)21-11(18)17-8-4-6-9(17)10(7-5-8)22-23(19,20)13(14,15)16/h7-9H,4-6H2,1-3H3. The predicted molar refractivity (Wildman–Crippen MR) is 73.6 cm³/mol. The third-order valence-corrected chi connectivity index (χ3v) is 4.49. The van der Waals surface area contributed by atoms with Crippen LogP contribution in [0.3, 0.4) is 0 Å². The monoisotopic (exact) mass is 357 g/mol. The van der Waals surface area contributed by atoms with E-state index in [4.69, 9.17) is 4.74 Å². The highest BCUT2D eigenvalue weighted by molar-refractivity contribution is 7.87. The second-order valence-corrected chi connectivity index (χ2v) is 8.00. The molecule has 2 aliphatic heterocycles. The van der Waals surface area contributed by atoms with Crippen molar-refractivity contribution < 1.29 is 35.3 Å². The smallest absolute Gasteiger partial charge is 0.444 e. The van der Waals surface area contributed by atoms with Gasteiger partial charge in [-0.1, -0.05) is 0 Å². The molecule has 2 aliphatic rings.